The summed E-state index contributed by atoms with van der Waals surface area (Å²) in [5, 5.41) is 2.96. The number of anilines is 2. The first-order valence-corrected chi connectivity index (χ1v) is 10.5. The van der Waals surface area contributed by atoms with Crippen molar-refractivity contribution in [3.05, 3.63) is 93.0 Å². The van der Waals surface area contributed by atoms with E-state index in [9.17, 15) is 19.2 Å². The molecule has 0 fully saturated rings. The van der Waals surface area contributed by atoms with Crippen molar-refractivity contribution in [1.29, 1.82) is 0 Å². The minimum Gasteiger partial charge on any atom is -0.452 e. The largest absolute Gasteiger partial charge is 0.452 e. The number of nitrogens with zero attached hydrogens (tertiary/aromatic N) is 1. The molecule has 9 heteroatoms. The van der Waals surface area contributed by atoms with Gasteiger partial charge in [-0.25, -0.2) is 9.69 Å². The van der Waals surface area contributed by atoms with Gasteiger partial charge in [-0.3, -0.25) is 14.4 Å². The number of aryl methyl sites for hydroxylation is 1. The third-order valence-electron chi connectivity index (χ3n) is 5.04. The Hall–Kier alpha value is -3.68. The van der Waals surface area contributed by atoms with Crippen molar-refractivity contribution in [2.75, 3.05) is 16.8 Å². The Morgan fingerprint density at radius 2 is 1.58 bits per heavy atom. The summed E-state index contributed by atoms with van der Waals surface area (Å²) in [4.78, 5) is 51.4. The lowest BCUT2D eigenvalue weighted by Crippen LogP contribution is -2.29. The molecule has 3 amide bonds. The number of halogens is 2. The maximum absolute atomic E-state index is 12.9. The van der Waals surface area contributed by atoms with Crippen LogP contribution in [-0.4, -0.2) is 30.3 Å². The first-order valence-electron chi connectivity index (χ1n) is 9.77. The molecular formula is C24H16Cl2N2O5. The Bertz CT molecular complexity index is 1300. The van der Waals surface area contributed by atoms with Crippen LogP contribution >= 0.6 is 23.2 Å². The summed E-state index contributed by atoms with van der Waals surface area (Å²) < 4.78 is 5.05. The van der Waals surface area contributed by atoms with Crippen LogP contribution in [0.3, 0.4) is 0 Å². The number of nitrogens with one attached hydrogen (secondary N) is 1. The molecule has 3 aromatic rings. The van der Waals surface area contributed by atoms with E-state index in [2.05, 4.69) is 5.32 Å². The summed E-state index contributed by atoms with van der Waals surface area (Å²) in [7, 11) is 0. The molecule has 33 heavy (non-hydrogen) atoms. The first-order chi connectivity index (χ1) is 15.8. The van der Waals surface area contributed by atoms with Crippen molar-refractivity contribution in [2.24, 2.45) is 0 Å². The molecule has 1 aliphatic rings. The molecule has 0 aliphatic carbocycles. The van der Waals surface area contributed by atoms with E-state index in [0.29, 0.717) is 5.69 Å². The lowest BCUT2D eigenvalue weighted by Gasteiger charge is -2.16. The van der Waals surface area contributed by atoms with E-state index < -0.39 is 30.3 Å². The maximum Gasteiger partial charge on any atom is 0.338 e. The van der Waals surface area contributed by atoms with Crippen LogP contribution in [0, 0.1) is 6.92 Å². The fourth-order valence-electron chi connectivity index (χ4n) is 3.41. The molecule has 1 N–H and O–H groups in total. The number of esters is 1. The highest BCUT2D eigenvalue weighted by Crippen LogP contribution is 2.31. The van der Waals surface area contributed by atoms with Gasteiger partial charge < -0.3 is 10.1 Å². The Labute approximate surface area is 198 Å². The predicted molar refractivity (Wildman–Crippen MR) is 124 cm³/mol. The number of imide groups is 1. The van der Waals surface area contributed by atoms with Gasteiger partial charge in [0.05, 0.1) is 38.1 Å². The Kier molecular flexibility index (Phi) is 6.18. The highest BCUT2D eigenvalue weighted by molar-refractivity contribution is 6.39. The molecule has 1 heterocycles. The predicted octanol–water partition coefficient (Wildman–Crippen LogP) is 4.90. The van der Waals surface area contributed by atoms with Crippen LogP contribution < -0.4 is 10.2 Å². The van der Waals surface area contributed by atoms with Gasteiger partial charge in [0.1, 0.15) is 0 Å². The topological polar surface area (TPSA) is 92.8 Å². The van der Waals surface area contributed by atoms with E-state index in [-0.39, 0.29) is 32.4 Å². The maximum atomic E-state index is 12.9. The number of hydrogen-bond acceptors (Lipinski definition) is 5. The minimum atomic E-state index is -0.826. The van der Waals surface area contributed by atoms with E-state index >= 15 is 0 Å². The van der Waals surface area contributed by atoms with Gasteiger partial charge in [0.25, 0.3) is 17.7 Å². The molecule has 0 saturated heterocycles. The summed E-state index contributed by atoms with van der Waals surface area (Å²) in [5.74, 6) is -2.48. The lowest BCUT2D eigenvalue weighted by atomic mass is 10.1. The van der Waals surface area contributed by atoms with Crippen molar-refractivity contribution < 1.29 is 23.9 Å². The van der Waals surface area contributed by atoms with Crippen LogP contribution in [-0.2, 0) is 9.53 Å². The van der Waals surface area contributed by atoms with Crippen LogP contribution in [0.4, 0.5) is 11.4 Å². The molecular weight excluding hydrogens is 467 g/mol. The fourth-order valence-corrected chi connectivity index (χ4v) is 3.90. The summed E-state index contributed by atoms with van der Waals surface area (Å²) >= 11 is 12.0. The number of hydrogen-bond donors (Lipinski definition) is 1. The van der Waals surface area contributed by atoms with Gasteiger partial charge in [-0.2, -0.15) is 0 Å². The van der Waals surface area contributed by atoms with Crippen LogP contribution in [0.1, 0.15) is 36.6 Å². The molecule has 4 rings (SSSR count). The molecule has 0 saturated carbocycles. The third-order valence-corrected chi connectivity index (χ3v) is 5.67. The number of benzene rings is 3. The number of fused-ring (bicyclic) bond motifs is 1. The van der Waals surface area contributed by atoms with E-state index in [1.165, 1.54) is 18.2 Å². The van der Waals surface area contributed by atoms with Crippen LogP contribution in [0.15, 0.2) is 60.7 Å². The van der Waals surface area contributed by atoms with Gasteiger partial charge >= 0.3 is 5.97 Å². The van der Waals surface area contributed by atoms with Gasteiger partial charge in [-0.1, -0.05) is 47.5 Å². The van der Waals surface area contributed by atoms with Crippen molar-refractivity contribution in [2.45, 2.75) is 6.92 Å². The molecule has 0 aromatic heterocycles. The highest BCUT2D eigenvalue weighted by atomic mass is 35.5. The monoisotopic (exact) mass is 482 g/mol. The van der Waals surface area contributed by atoms with E-state index in [1.807, 2.05) is 0 Å². The summed E-state index contributed by atoms with van der Waals surface area (Å²) in [6.45, 7) is 1.20. The molecule has 0 bridgehead atoms. The first kappa shape index (κ1) is 22.5. The second-order valence-corrected chi connectivity index (χ2v) is 8.03. The number of carbonyl (C=O) groups excluding carboxylic acids is 4. The van der Waals surface area contributed by atoms with Crippen molar-refractivity contribution in [3.8, 4) is 0 Å². The van der Waals surface area contributed by atoms with Crippen LogP contribution in [0.2, 0.25) is 10.0 Å². The number of carbonyl (C=O) groups is 4. The Morgan fingerprint density at radius 3 is 2.27 bits per heavy atom. The van der Waals surface area contributed by atoms with Crippen LogP contribution in [0.25, 0.3) is 0 Å². The molecule has 166 valence electrons. The SMILES string of the molecule is Cc1ccccc1N1C(=O)c2ccc(C(=O)OCC(=O)Nc3c(Cl)cccc3Cl)cc2C1=O. The number of ether oxygens (including phenoxy) is 1. The number of rotatable bonds is 5. The van der Waals surface area contributed by atoms with Gasteiger partial charge in [-0.05, 0) is 48.9 Å². The zero-order valence-corrected chi connectivity index (χ0v) is 18.7. The molecule has 0 atom stereocenters. The Balaban J connectivity index is 1.47. The van der Waals surface area contributed by atoms with Gasteiger partial charge in [0, 0.05) is 0 Å². The quantitative estimate of drug-likeness (QED) is 0.412. The lowest BCUT2D eigenvalue weighted by molar-refractivity contribution is -0.119. The summed E-state index contributed by atoms with van der Waals surface area (Å²) in [6, 6.07) is 15.8. The highest BCUT2D eigenvalue weighted by Gasteiger charge is 2.37. The molecule has 0 spiro atoms. The standard InChI is InChI=1S/C24H16Cl2N2O5/c1-13-5-2-3-8-19(13)28-22(30)15-10-9-14(11-16(15)23(28)31)24(32)33-12-20(29)27-21-17(25)6-4-7-18(21)26/h2-11H,12H2,1H3,(H,27,29). The zero-order valence-electron chi connectivity index (χ0n) is 17.2. The van der Waals surface area contributed by atoms with Crippen molar-refractivity contribution in [1.82, 2.24) is 0 Å². The Morgan fingerprint density at radius 1 is 0.909 bits per heavy atom. The van der Waals surface area contributed by atoms with Crippen molar-refractivity contribution >= 4 is 58.3 Å². The van der Waals surface area contributed by atoms with Crippen molar-refractivity contribution in [3.63, 3.8) is 0 Å². The minimum absolute atomic E-state index is 0.0325. The van der Waals surface area contributed by atoms with E-state index in [1.54, 1.807) is 49.4 Å². The van der Waals surface area contributed by atoms with E-state index in [4.69, 9.17) is 27.9 Å². The molecule has 0 radical (unpaired) electrons. The summed E-state index contributed by atoms with van der Waals surface area (Å²) in [6.07, 6.45) is 0. The third kappa shape index (κ3) is 4.33. The van der Waals surface area contributed by atoms with Crippen LogP contribution in [0.5, 0.6) is 0 Å². The second kappa shape index (κ2) is 9.05. The normalized spacial score (nSPS) is 12.5. The molecule has 3 aromatic carbocycles. The van der Waals surface area contributed by atoms with E-state index in [0.717, 1.165) is 10.5 Å². The summed E-state index contributed by atoms with van der Waals surface area (Å²) in [5.41, 5.74) is 1.75. The average Bonchev–Trinajstić information content (AvgIpc) is 3.04. The second-order valence-electron chi connectivity index (χ2n) is 7.21. The molecule has 1 aliphatic heterocycles. The number of amides is 3. The molecule has 7 nitrogen and oxygen atoms in total. The smallest absolute Gasteiger partial charge is 0.338 e. The zero-order chi connectivity index (χ0) is 23.7. The fraction of sp³-hybridized carbons (Fsp3) is 0.0833. The molecule has 0 unspecified atom stereocenters. The number of para-hydroxylation sites is 2. The average molecular weight is 483 g/mol. The van der Waals surface area contributed by atoms with Gasteiger partial charge in [-0.15, -0.1) is 0 Å². The van der Waals surface area contributed by atoms with Gasteiger partial charge in [0.15, 0.2) is 6.61 Å². The van der Waals surface area contributed by atoms with Gasteiger partial charge in [0.2, 0.25) is 0 Å².